The Balaban J connectivity index is 2.03. The number of hydrogen-bond donors (Lipinski definition) is 0. The topological polar surface area (TPSA) is 37.4 Å². The summed E-state index contributed by atoms with van der Waals surface area (Å²) in [6.07, 6.45) is 1.50. The molecule has 5 heteroatoms. The summed E-state index contributed by atoms with van der Waals surface area (Å²) in [4.78, 5) is 0.348. The molecule has 1 aliphatic heterocycles. The van der Waals surface area contributed by atoms with E-state index < -0.39 is 10.0 Å². The van der Waals surface area contributed by atoms with Crippen LogP contribution in [0.3, 0.4) is 0 Å². The smallest absolute Gasteiger partial charge is 0.207 e. The monoisotopic (exact) mass is 333 g/mol. The lowest BCUT2D eigenvalue weighted by atomic mass is 10.1. The van der Waals surface area contributed by atoms with Gasteiger partial charge in [0, 0.05) is 6.54 Å². The van der Waals surface area contributed by atoms with Crippen molar-refractivity contribution in [3.63, 3.8) is 0 Å². The number of aryl methyl sites for hydroxylation is 2. The van der Waals surface area contributed by atoms with Gasteiger partial charge in [-0.3, -0.25) is 0 Å². The first-order valence-electron chi connectivity index (χ1n) is 7.74. The Hall–Kier alpha value is -1.72. The number of benzene rings is 2. The van der Waals surface area contributed by atoms with E-state index in [4.69, 9.17) is 0 Å². The van der Waals surface area contributed by atoms with E-state index >= 15 is 0 Å². The molecule has 0 spiro atoms. The minimum atomic E-state index is -3.59. The molecule has 3 rings (SSSR count). The zero-order valence-electron chi connectivity index (χ0n) is 13.3. The number of rotatable bonds is 3. The van der Waals surface area contributed by atoms with E-state index in [0.29, 0.717) is 17.9 Å². The molecule has 1 heterocycles. The fraction of sp³-hybridized carbons (Fsp3) is 0.333. The van der Waals surface area contributed by atoms with Crippen molar-refractivity contribution in [3.8, 4) is 0 Å². The van der Waals surface area contributed by atoms with Crippen LogP contribution in [0.5, 0.6) is 0 Å². The lowest BCUT2D eigenvalue weighted by Crippen LogP contribution is -2.31. The molecule has 0 saturated carbocycles. The summed E-state index contributed by atoms with van der Waals surface area (Å²) in [6, 6.07) is 11.4. The van der Waals surface area contributed by atoms with Crippen LogP contribution >= 0.6 is 0 Å². The minimum Gasteiger partial charge on any atom is -0.207 e. The average Bonchev–Trinajstić information content (AvgIpc) is 3.00. The summed E-state index contributed by atoms with van der Waals surface area (Å²) in [5.41, 5.74) is 2.37. The van der Waals surface area contributed by atoms with Gasteiger partial charge in [0.05, 0.1) is 10.9 Å². The van der Waals surface area contributed by atoms with Crippen LogP contribution in [-0.4, -0.2) is 19.3 Å². The molecule has 0 unspecified atom stereocenters. The fourth-order valence-electron chi connectivity index (χ4n) is 3.19. The average molecular weight is 333 g/mol. The van der Waals surface area contributed by atoms with E-state index in [1.54, 1.807) is 25.1 Å². The van der Waals surface area contributed by atoms with Gasteiger partial charge in [-0.1, -0.05) is 24.3 Å². The molecule has 0 amide bonds. The van der Waals surface area contributed by atoms with E-state index in [9.17, 15) is 12.8 Å². The van der Waals surface area contributed by atoms with Gasteiger partial charge in [-0.2, -0.15) is 4.31 Å². The molecule has 0 radical (unpaired) electrons. The summed E-state index contributed by atoms with van der Waals surface area (Å²) < 4.78 is 41.3. The predicted octanol–water partition coefficient (Wildman–Crippen LogP) is 3.97. The highest BCUT2D eigenvalue weighted by Gasteiger charge is 2.36. The molecular weight excluding hydrogens is 313 g/mol. The highest BCUT2D eigenvalue weighted by atomic mass is 32.2. The van der Waals surface area contributed by atoms with Crippen LogP contribution in [-0.2, 0) is 10.0 Å². The van der Waals surface area contributed by atoms with Crippen molar-refractivity contribution in [2.75, 3.05) is 6.54 Å². The number of nitrogens with zero attached hydrogens (tertiary/aromatic N) is 1. The third-order valence-electron chi connectivity index (χ3n) is 4.37. The van der Waals surface area contributed by atoms with Crippen molar-refractivity contribution < 1.29 is 12.8 Å². The Morgan fingerprint density at radius 3 is 2.65 bits per heavy atom. The predicted molar refractivity (Wildman–Crippen MR) is 88.2 cm³/mol. The van der Waals surface area contributed by atoms with Crippen LogP contribution in [0.1, 0.15) is 35.6 Å². The SMILES string of the molecule is Cc1ccc(C)c(S(=O)(=O)N2CCC[C@@H]2c2cccc(F)c2)c1. The third kappa shape index (κ3) is 3.03. The molecule has 2 aromatic rings. The summed E-state index contributed by atoms with van der Waals surface area (Å²) in [5.74, 6) is -0.335. The van der Waals surface area contributed by atoms with Crippen molar-refractivity contribution in [3.05, 3.63) is 65.0 Å². The van der Waals surface area contributed by atoms with Gasteiger partial charge in [0.15, 0.2) is 0 Å². The molecule has 3 nitrogen and oxygen atoms in total. The van der Waals surface area contributed by atoms with Crippen LogP contribution in [0.2, 0.25) is 0 Å². The fourth-order valence-corrected chi connectivity index (χ4v) is 5.18. The van der Waals surface area contributed by atoms with Crippen molar-refractivity contribution in [2.24, 2.45) is 0 Å². The lowest BCUT2D eigenvalue weighted by molar-refractivity contribution is 0.395. The molecule has 0 aliphatic carbocycles. The van der Waals surface area contributed by atoms with Gasteiger partial charge in [0.2, 0.25) is 10.0 Å². The summed E-state index contributed by atoms with van der Waals surface area (Å²) in [7, 11) is -3.59. The highest BCUT2D eigenvalue weighted by Crippen LogP contribution is 2.37. The first-order valence-corrected chi connectivity index (χ1v) is 9.18. The second-order valence-electron chi connectivity index (χ2n) is 6.10. The van der Waals surface area contributed by atoms with Crippen molar-refractivity contribution >= 4 is 10.0 Å². The van der Waals surface area contributed by atoms with Crippen LogP contribution in [0, 0.1) is 19.7 Å². The molecule has 1 atom stereocenters. The molecule has 2 aromatic carbocycles. The molecule has 122 valence electrons. The molecule has 1 fully saturated rings. The van der Waals surface area contributed by atoms with Gasteiger partial charge < -0.3 is 0 Å². The standard InChI is InChI=1S/C18H20FNO2S/c1-13-8-9-14(2)18(11-13)23(21,22)20-10-4-7-17(20)15-5-3-6-16(19)12-15/h3,5-6,8-9,11-12,17H,4,7,10H2,1-2H3/t17-/m1/s1. The number of halogens is 1. The maximum atomic E-state index is 13.5. The molecule has 0 N–H and O–H groups in total. The first-order chi connectivity index (χ1) is 10.9. The molecule has 1 saturated heterocycles. The summed E-state index contributed by atoms with van der Waals surface area (Å²) in [5, 5.41) is 0. The van der Waals surface area contributed by atoms with Crippen LogP contribution in [0.25, 0.3) is 0 Å². The molecule has 0 bridgehead atoms. The van der Waals surface area contributed by atoms with Crippen LogP contribution < -0.4 is 0 Å². The zero-order valence-corrected chi connectivity index (χ0v) is 14.1. The van der Waals surface area contributed by atoms with Gasteiger partial charge in [-0.25, -0.2) is 12.8 Å². The quantitative estimate of drug-likeness (QED) is 0.852. The first kappa shape index (κ1) is 16.1. The minimum absolute atomic E-state index is 0.296. The number of sulfonamides is 1. The zero-order chi connectivity index (χ0) is 16.6. The van der Waals surface area contributed by atoms with Gasteiger partial charge in [-0.15, -0.1) is 0 Å². The van der Waals surface area contributed by atoms with E-state index in [-0.39, 0.29) is 11.9 Å². The van der Waals surface area contributed by atoms with Gasteiger partial charge in [0.1, 0.15) is 5.82 Å². The van der Waals surface area contributed by atoms with Crippen molar-refractivity contribution in [2.45, 2.75) is 37.6 Å². The number of hydrogen-bond acceptors (Lipinski definition) is 2. The Kier molecular flexibility index (Phi) is 4.25. The van der Waals surface area contributed by atoms with Crippen molar-refractivity contribution in [1.82, 2.24) is 4.31 Å². The van der Waals surface area contributed by atoms with Gasteiger partial charge >= 0.3 is 0 Å². The maximum Gasteiger partial charge on any atom is 0.243 e. The maximum absolute atomic E-state index is 13.5. The third-order valence-corrected chi connectivity index (χ3v) is 6.42. The molecule has 23 heavy (non-hydrogen) atoms. The molecular formula is C18H20FNO2S. The normalized spacial score (nSPS) is 19.2. The van der Waals surface area contributed by atoms with E-state index in [1.165, 1.54) is 16.4 Å². The van der Waals surface area contributed by atoms with Crippen molar-refractivity contribution in [1.29, 1.82) is 0 Å². The molecule has 1 aliphatic rings. The Bertz CT molecular complexity index is 833. The van der Waals surface area contributed by atoms with E-state index in [0.717, 1.165) is 23.1 Å². The Labute approximate surface area is 136 Å². The largest absolute Gasteiger partial charge is 0.243 e. The summed E-state index contributed by atoms with van der Waals surface area (Å²) in [6.45, 7) is 4.16. The highest BCUT2D eigenvalue weighted by molar-refractivity contribution is 7.89. The van der Waals surface area contributed by atoms with Gasteiger partial charge in [0.25, 0.3) is 0 Å². The van der Waals surface area contributed by atoms with Gasteiger partial charge in [-0.05, 0) is 61.6 Å². The Morgan fingerprint density at radius 1 is 1.13 bits per heavy atom. The summed E-state index contributed by atoms with van der Waals surface area (Å²) >= 11 is 0. The molecule has 0 aromatic heterocycles. The van der Waals surface area contributed by atoms with Crippen LogP contribution in [0.4, 0.5) is 4.39 Å². The second-order valence-corrected chi connectivity index (χ2v) is 7.96. The Morgan fingerprint density at radius 2 is 1.91 bits per heavy atom. The lowest BCUT2D eigenvalue weighted by Gasteiger charge is -2.25. The van der Waals surface area contributed by atoms with E-state index in [2.05, 4.69) is 0 Å². The second kappa shape index (κ2) is 6.06. The van der Waals surface area contributed by atoms with E-state index in [1.807, 2.05) is 19.1 Å². The van der Waals surface area contributed by atoms with Crippen LogP contribution in [0.15, 0.2) is 47.4 Å².